The van der Waals surface area contributed by atoms with Crippen LogP contribution in [0.25, 0.3) is 22.2 Å². The monoisotopic (exact) mass is 1100 g/mol. The molecular formula is C54H84N9O7S4+. The predicted molar refractivity (Wildman–Crippen MR) is 311 cm³/mol. The second kappa shape index (κ2) is 26.2. The maximum absolute atomic E-state index is 14.9. The summed E-state index contributed by atoms with van der Waals surface area (Å²) in [7, 11) is 1.66. The van der Waals surface area contributed by atoms with Crippen molar-refractivity contribution in [3.63, 3.8) is 0 Å². The Morgan fingerprint density at radius 3 is 2.42 bits per heavy atom. The van der Waals surface area contributed by atoms with Crippen molar-refractivity contribution < 1.29 is 38.0 Å². The number of hydrazine groups is 1. The number of likely N-dealkylation sites (N-methyl/N-ethyl adjacent to an activating group) is 1. The molecule has 8 rings (SSSR count). The molecule has 2 aromatic heterocycles. The molecule has 20 heteroatoms. The fourth-order valence-electron chi connectivity index (χ4n) is 11.6. The zero-order chi connectivity index (χ0) is 50.1. The van der Waals surface area contributed by atoms with E-state index < -0.39 is 41.0 Å². The Kier molecular flexibility index (Phi) is 22.1. The highest BCUT2D eigenvalue weighted by atomic mass is 32.1. The molecule has 16 nitrogen and oxygen atoms in total. The van der Waals surface area contributed by atoms with Gasteiger partial charge in [0.1, 0.15) is 24.3 Å². The Hall–Kier alpha value is -4.21. The number of aryl methyl sites for hydroxylation is 1. The summed E-state index contributed by atoms with van der Waals surface area (Å²) in [6, 6.07) is 8.05. The van der Waals surface area contributed by atoms with Crippen molar-refractivity contribution in [1.29, 1.82) is 0 Å². The van der Waals surface area contributed by atoms with E-state index in [4.69, 9.17) is 14.5 Å². The molecule has 3 fully saturated rings. The number of carbonyl (C=O) groups excluding carboxylic acids is 5. The Balaban J connectivity index is 0.00000296. The number of rotatable bonds is 8. The Morgan fingerprint density at radius 2 is 1.74 bits per heavy atom. The number of amides is 5. The lowest BCUT2D eigenvalue weighted by Crippen LogP contribution is -2.63. The fraction of sp³-hybridized carbons (Fsp3) is 0.611. The van der Waals surface area contributed by atoms with E-state index in [2.05, 4.69) is 91.6 Å². The van der Waals surface area contributed by atoms with Gasteiger partial charge < -0.3 is 34.1 Å². The van der Waals surface area contributed by atoms with Crippen molar-refractivity contribution in [3.8, 4) is 11.3 Å². The average Bonchev–Trinajstić information content (AvgIpc) is 3.65. The maximum atomic E-state index is 14.9. The molecule has 2 N–H and O–H groups in total. The summed E-state index contributed by atoms with van der Waals surface area (Å²) in [5.74, 6) is -1.34. The van der Waals surface area contributed by atoms with Crippen LogP contribution >= 0.6 is 54.0 Å². The minimum atomic E-state index is -0.938. The minimum absolute atomic E-state index is 0. The first-order valence-corrected chi connectivity index (χ1v) is 25.7. The first-order valence-electron chi connectivity index (χ1n) is 25.7. The van der Waals surface area contributed by atoms with Crippen molar-refractivity contribution >= 4 is 107 Å². The molecule has 410 valence electrons. The molecule has 5 amide bonds. The third-order valence-electron chi connectivity index (χ3n) is 15.3. The van der Waals surface area contributed by atoms with Crippen molar-refractivity contribution in [1.82, 2.24) is 40.0 Å². The molecule has 4 atom stereocenters. The van der Waals surface area contributed by atoms with Crippen molar-refractivity contribution in [3.05, 3.63) is 60.4 Å². The molecule has 5 aliphatic heterocycles. The quantitative estimate of drug-likeness (QED) is 0.139. The SMILES string of the molecule is C=CC(=O)N1CCOC2(CCN(C(=O)N(C)[C@H](C(=O)N[C@H]3CC4CCC=[N+](C4)c4ccc5c(c4)c(c(-c4cccnc4C(C)C)n5CC)CC(C)(C)COC(=O)[C@@H]4CCCN(N4)C3=O)C(C)C)CC2)C1.S.S.S.S. The summed E-state index contributed by atoms with van der Waals surface area (Å²) in [4.78, 5) is 80.2. The number of urea groups is 1. The highest BCUT2D eigenvalue weighted by Gasteiger charge is 2.44. The van der Waals surface area contributed by atoms with Gasteiger partial charge in [-0.15, -0.1) is 0 Å². The molecule has 0 saturated carbocycles. The topological polar surface area (TPSA) is 162 Å². The third kappa shape index (κ3) is 13.3. The number of piperidine rings is 1. The van der Waals surface area contributed by atoms with Gasteiger partial charge in [0.15, 0.2) is 6.54 Å². The second-order valence-electron chi connectivity index (χ2n) is 21.8. The molecular weight excluding hydrogens is 1010 g/mol. The van der Waals surface area contributed by atoms with Crippen LogP contribution in [-0.2, 0) is 41.6 Å². The number of cyclic esters (lactones) is 1. The van der Waals surface area contributed by atoms with Gasteiger partial charge in [0.25, 0.3) is 5.91 Å². The molecule has 6 bridgehead atoms. The zero-order valence-electron chi connectivity index (χ0n) is 44.8. The summed E-state index contributed by atoms with van der Waals surface area (Å²) in [5.41, 5.74) is 8.88. The lowest BCUT2D eigenvalue weighted by Gasteiger charge is -2.47. The highest BCUT2D eigenvalue weighted by Crippen LogP contribution is 2.42. The van der Waals surface area contributed by atoms with Gasteiger partial charge in [0.2, 0.25) is 17.5 Å². The number of pyridine rings is 1. The molecule has 3 aromatic rings. The molecule has 1 aromatic carbocycles. The first kappa shape index (κ1) is 62.3. The van der Waals surface area contributed by atoms with Gasteiger partial charge in [0.05, 0.1) is 36.7 Å². The summed E-state index contributed by atoms with van der Waals surface area (Å²) < 4.78 is 17.1. The molecule has 7 heterocycles. The largest absolute Gasteiger partial charge is 0.464 e. The number of fused-ring (bicyclic) bond motifs is 6. The van der Waals surface area contributed by atoms with E-state index >= 15 is 0 Å². The van der Waals surface area contributed by atoms with Gasteiger partial charge >= 0.3 is 12.0 Å². The van der Waals surface area contributed by atoms with Gasteiger partial charge in [-0.1, -0.05) is 48.1 Å². The number of hydrogen-bond donors (Lipinski definition) is 2. The molecule has 74 heavy (non-hydrogen) atoms. The summed E-state index contributed by atoms with van der Waals surface area (Å²) in [5, 5.41) is 5.81. The lowest BCUT2D eigenvalue weighted by molar-refractivity contribution is -0.451. The van der Waals surface area contributed by atoms with Gasteiger partial charge in [-0.25, -0.2) is 14.8 Å². The van der Waals surface area contributed by atoms with E-state index in [9.17, 15) is 24.0 Å². The van der Waals surface area contributed by atoms with Crippen LogP contribution in [0.4, 0.5) is 10.5 Å². The van der Waals surface area contributed by atoms with Gasteiger partial charge in [-0.2, -0.15) is 54.0 Å². The number of ether oxygens (including phenoxy) is 2. The van der Waals surface area contributed by atoms with Crippen molar-refractivity contribution in [2.24, 2.45) is 17.3 Å². The predicted octanol–water partition coefficient (Wildman–Crippen LogP) is 6.87. The standard InChI is InChI=1S/C54H75N9O7.4H2S/c1-10-45(64)61-27-28-70-54(33-61)20-25-59(26-21-54)52(68)58(9)47(36(5)6)49(65)56-43-29-37-15-13-23-60(32-37)38-18-19-44-40(30-38)41(48(62(44)11-2)39-16-12-22-55-46(39)35(3)4)31-53(7,8)34-69-51(67)42-17-14-24-63(57-42)50(43)66;;;;/h10,12,16,18-19,22-23,30,35-37,42-43,47,57H,1,11,13-15,17,20-21,24-29,31-34H2,2-9H3;4*1H2/p+1/t37?,42-,43-,47-;;;;/m0..../s1. The van der Waals surface area contributed by atoms with E-state index in [-0.39, 0.29) is 96.2 Å². The number of benzene rings is 1. The second-order valence-corrected chi connectivity index (χ2v) is 21.8. The minimum Gasteiger partial charge on any atom is -0.464 e. The summed E-state index contributed by atoms with van der Waals surface area (Å²) >= 11 is 0. The summed E-state index contributed by atoms with van der Waals surface area (Å²) in [6.07, 6.45) is 10.2. The van der Waals surface area contributed by atoms with Crippen LogP contribution in [0.15, 0.2) is 49.2 Å². The number of carbonyl (C=O) groups is 5. The van der Waals surface area contributed by atoms with E-state index in [0.29, 0.717) is 84.4 Å². The number of nitrogens with one attached hydrogen (secondary N) is 2. The van der Waals surface area contributed by atoms with Gasteiger partial charge in [-0.3, -0.25) is 29.2 Å². The highest BCUT2D eigenvalue weighted by molar-refractivity contribution is 7.59. The number of aromatic nitrogens is 2. The van der Waals surface area contributed by atoms with Crippen LogP contribution in [0, 0.1) is 17.3 Å². The first-order chi connectivity index (χ1) is 33.4. The molecule has 0 aliphatic carbocycles. The fourth-order valence-corrected chi connectivity index (χ4v) is 11.6. The van der Waals surface area contributed by atoms with Crippen LogP contribution in [0.2, 0.25) is 0 Å². The van der Waals surface area contributed by atoms with Crippen LogP contribution < -0.4 is 10.7 Å². The maximum Gasteiger partial charge on any atom is 0.324 e. The van der Waals surface area contributed by atoms with E-state index in [1.54, 1.807) is 16.8 Å². The van der Waals surface area contributed by atoms with Crippen molar-refractivity contribution in [2.75, 3.05) is 59.5 Å². The van der Waals surface area contributed by atoms with Gasteiger partial charge in [0, 0.05) is 92.3 Å². The summed E-state index contributed by atoms with van der Waals surface area (Å²) in [6.45, 7) is 22.4. The Morgan fingerprint density at radius 1 is 1.01 bits per heavy atom. The molecule has 0 radical (unpaired) electrons. The molecule has 5 aliphatic rings. The van der Waals surface area contributed by atoms with E-state index in [1.807, 2.05) is 26.1 Å². The number of nitrogens with zero attached hydrogens (tertiary/aromatic N) is 7. The lowest BCUT2D eigenvalue weighted by atomic mass is 9.84. The number of hydrogen-bond acceptors (Lipinski definition) is 9. The van der Waals surface area contributed by atoms with Crippen molar-refractivity contribution in [2.45, 2.75) is 136 Å². The van der Waals surface area contributed by atoms with Crippen LogP contribution in [-0.4, -0.2) is 153 Å². The smallest absolute Gasteiger partial charge is 0.324 e. The number of esters is 1. The molecule has 1 unspecified atom stereocenters. The van der Waals surface area contributed by atoms with Crippen LogP contribution in [0.1, 0.15) is 111 Å². The van der Waals surface area contributed by atoms with Crippen LogP contribution in [0.3, 0.4) is 0 Å². The third-order valence-corrected chi connectivity index (χ3v) is 15.3. The molecule has 1 spiro atoms. The number of likely N-dealkylation sites (tertiary alicyclic amines) is 1. The Labute approximate surface area is 466 Å². The zero-order valence-corrected chi connectivity index (χ0v) is 48.8. The molecule has 3 saturated heterocycles. The number of morpholine rings is 1. The van der Waals surface area contributed by atoms with E-state index in [0.717, 1.165) is 52.9 Å². The van der Waals surface area contributed by atoms with Crippen LogP contribution in [0.5, 0.6) is 0 Å². The van der Waals surface area contributed by atoms with Gasteiger partial charge in [-0.05, 0) is 93.5 Å². The normalized spacial score (nSPS) is 22.2. The van der Waals surface area contributed by atoms with E-state index in [1.165, 1.54) is 21.5 Å². The average molecular weight is 1100 g/mol. The Bertz CT molecular complexity index is 2530.